The van der Waals surface area contributed by atoms with Crippen LogP contribution in [0.2, 0.25) is 5.02 Å². The molecule has 0 bridgehead atoms. The van der Waals surface area contributed by atoms with Gasteiger partial charge in [-0.2, -0.15) is 0 Å². The lowest BCUT2D eigenvalue weighted by atomic mass is 9.96. The summed E-state index contributed by atoms with van der Waals surface area (Å²) < 4.78 is 0.920. The summed E-state index contributed by atoms with van der Waals surface area (Å²) in [6, 6.07) is 5.08. The standard InChI is InChI=1S/C13H19BrClNO.ClH/c1-8(2)3-6-12(17)13(16)10-7-9(14)4-5-11(10)15;/h4-5,7-8,12-13,17H,3,6,16H2,1-2H3;1H/t12-,13+;/m1./s1. The monoisotopic (exact) mass is 355 g/mol. The predicted octanol–water partition coefficient (Wildman–Crippen LogP) is 4.32. The molecule has 0 saturated heterocycles. The quantitative estimate of drug-likeness (QED) is 0.825. The molecular formula is C13H20BrCl2NO. The van der Waals surface area contributed by atoms with Gasteiger partial charge in [0.2, 0.25) is 0 Å². The van der Waals surface area contributed by atoms with E-state index in [1.54, 1.807) is 6.07 Å². The summed E-state index contributed by atoms with van der Waals surface area (Å²) in [5.41, 5.74) is 6.83. The van der Waals surface area contributed by atoms with E-state index in [-0.39, 0.29) is 12.4 Å². The van der Waals surface area contributed by atoms with Crippen LogP contribution in [0.25, 0.3) is 0 Å². The Balaban J connectivity index is 0.00000289. The molecule has 0 heterocycles. The highest BCUT2D eigenvalue weighted by Gasteiger charge is 2.19. The average Bonchev–Trinajstić information content (AvgIpc) is 2.28. The fourth-order valence-electron chi connectivity index (χ4n) is 1.66. The Kier molecular flexibility index (Phi) is 8.48. The van der Waals surface area contributed by atoms with Crippen LogP contribution in [-0.4, -0.2) is 11.2 Å². The largest absolute Gasteiger partial charge is 0.391 e. The second-order valence-corrected chi connectivity index (χ2v) is 6.05. The zero-order chi connectivity index (χ0) is 13.0. The normalized spacial score (nSPS) is 14.2. The number of halogens is 3. The lowest BCUT2D eigenvalue weighted by molar-refractivity contribution is 0.128. The van der Waals surface area contributed by atoms with E-state index in [0.717, 1.165) is 16.5 Å². The summed E-state index contributed by atoms with van der Waals surface area (Å²) in [5.74, 6) is 0.565. The molecule has 1 aromatic carbocycles. The van der Waals surface area contributed by atoms with Gasteiger partial charge in [0.1, 0.15) is 0 Å². The van der Waals surface area contributed by atoms with Crippen molar-refractivity contribution in [3.05, 3.63) is 33.3 Å². The molecule has 0 amide bonds. The molecule has 2 atom stereocenters. The van der Waals surface area contributed by atoms with Gasteiger partial charge >= 0.3 is 0 Å². The third kappa shape index (κ3) is 5.45. The summed E-state index contributed by atoms with van der Waals surface area (Å²) >= 11 is 9.47. The minimum atomic E-state index is -0.552. The number of hydrogen-bond acceptors (Lipinski definition) is 2. The number of rotatable bonds is 5. The van der Waals surface area contributed by atoms with Crippen molar-refractivity contribution < 1.29 is 5.11 Å². The van der Waals surface area contributed by atoms with Crippen LogP contribution >= 0.6 is 39.9 Å². The van der Waals surface area contributed by atoms with Crippen molar-refractivity contribution in [3.8, 4) is 0 Å². The van der Waals surface area contributed by atoms with Crippen LogP contribution in [0, 0.1) is 5.92 Å². The van der Waals surface area contributed by atoms with Crippen molar-refractivity contribution >= 4 is 39.9 Å². The second-order valence-electron chi connectivity index (χ2n) is 4.73. The van der Waals surface area contributed by atoms with Gasteiger partial charge in [0.25, 0.3) is 0 Å². The van der Waals surface area contributed by atoms with Crippen LogP contribution in [0.1, 0.15) is 38.3 Å². The molecule has 0 fully saturated rings. The Hall–Kier alpha value is 0.200. The number of nitrogens with two attached hydrogens (primary N) is 1. The molecule has 18 heavy (non-hydrogen) atoms. The molecule has 0 aliphatic carbocycles. The zero-order valence-electron chi connectivity index (χ0n) is 10.6. The molecule has 1 rings (SSSR count). The minimum Gasteiger partial charge on any atom is -0.391 e. The Labute approximate surface area is 128 Å². The molecule has 5 heteroatoms. The third-order valence-electron chi connectivity index (χ3n) is 2.77. The fourth-order valence-corrected chi connectivity index (χ4v) is 2.28. The first-order valence-corrected chi connectivity index (χ1v) is 6.97. The molecule has 0 aliphatic rings. The first-order valence-electron chi connectivity index (χ1n) is 5.80. The molecular weight excluding hydrogens is 337 g/mol. The van der Waals surface area contributed by atoms with E-state index < -0.39 is 12.1 Å². The first-order chi connectivity index (χ1) is 7.91. The van der Waals surface area contributed by atoms with Crippen molar-refractivity contribution in [1.29, 1.82) is 0 Å². The van der Waals surface area contributed by atoms with Crippen LogP contribution in [0.5, 0.6) is 0 Å². The highest BCUT2D eigenvalue weighted by molar-refractivity contribution is 9.10. The van der Waals surface area contributed by atoms with Gasteiger partial charge in [0, 0.05) is 9.50 Å². The maximum Gasteiger partial charge on any atom is 0.0733 e. The predicted molar refractivity (Wildman–Crippen MR) is 83.4 cm³/mol. The van der Waals surface area contributed by atoms with Crippen molar-refractivity contribution in [2.24, 2.45) is 11.7 Å². The average molecular weight is 357 g/mol. The number of benzene rings is 1. The maximum atomic E-state index is 10.0. The number of aliphatic hydroxyl groups is 1. The van der Waals surface area contributed by atoms with Crippen molar-refractivity contribution in [2.45, 2.75) is 38.8 Å². The summed E-state index contributed by atoms with van der Waals surface area (Å²) in [6.07, 6.45) is 1.10. The van der Waals surface area contributed by atoms with Crippen molar-refractivity contribution in [3.63, 3.8) is 0 Å². The van der Waals surface area contributed by atoms with E-state index >= 15 is 0 Å². The molecule has 3 N–H and O–H groups in total. The van der Waals surface area contributed by atoms with Crippen molar-refractivity contribution in [1.82, 2.24) is 0 Å². The van der Waals surface area contributed by atoms with E-state index in [1.165, 1.54) is 0 Å². The summed E-state index contributed by atoms with van der Waals surface area (Å²) in [4.78, 5) is 0. The Morgan fingerprint density at radius 2 is 1.94 bits per heavy atom. The van der Waals surface area contributed by atoms with Gasteiger partial charge in [0.15, 0.2) is 0 Å². The van der Waals surface area contributed by atoms with Crippen LogP contribution in [-0.2, 0) is 0 Å². The van der Waals surface area contributed by atoms with Crippen molar-refractivity contribution in [2.75, 3.05) is 0 Å². The maximum absolute atomic E-state index is 10.0. The molecule has 0 saturated carbocycles. The zero-order valence-corrected chi connectivity index (χ0v) is 13.7. The molecule has 0 aliphatic heterocycles. The van der Waals surface area contributed by atoms with Crippen LogP contribution < -0.4 is 5.73 Å². The van der Waals surface area contributed by atoms with Gasteiger partial charge in [0.05, 0.1) is 12.1 Å². The lowest BCUT2D eigenvalue weighted by Gasteiger charge is -2.21. The number of hydrogen-bond donors (Lipinski definition) is 2. The summed E-state index contributed by atoms with van der Waals surface area (Å²) in [7, 11) is 0. The van der Waals surface area contributed by atoms with Gasteiger partial charge in [-0.05, 0) is 42.5 Å². The van der Waals surface area contributed by atoms with Gasteiger partial charge in [-0.1, -0.05) is 41.4 Å². The SMILES string of the molecule is CC(C)CC[C@@H](O)[C@@H](N)c1cc(Br)ccc1Cl.Cl. The smallest absolute Gasteiger partial charge is 0.0733 e. The van der Waals surface area contributed by atoms with E-state index in [2.05, 4.69) is 29.8 Å². The topological polar surface area (TPSA) is 46.2 Å². The Morgan fingerprint density at radius 3 is 2.50 bits per heavy atom. The molecule has 0 radical (unpaired) electrons. The van der Waals surface area contributed by atoms with Gasteiger partial charge in [-0.15, -0.1) is 12.4 Å². The van der Waals surface area contributed by atoms with Gasteiger partial charge in [-0.3, -0.25) is 0 Å². The van der Waals surface area contributed by atoms with Gasteiger partial charge < -0.3 is 10.8 Å². The lowest BCUT2D eigenvalue weighted by Crippen LogP contribution is -2.26. The van der Waals surface area contributed by atoms with E-state index in [9.17, 15) is 5.11 Å². The summed E-state index contributed by atoms with van der Waals surface area (Å²) in [5, 5.41) is 10.6. The molecule has 2 nitrogen and oxygen atoms in total. The van der Waals surface area contributed by atoms with E-state index in [1.807, 2.05) is 12.1 Å². The molecule has 104 valence electrons. The second kappa shape index (κ2) is 8.39. The molecule has 0 unspecified atom stereocenters. The van der Waals surface area contributed by atoms with Gasteiger partial charge in [-0.25, -0.2) is 0 Å². The molecule has 0 spiro atoms. The van der Waals surface area contributed by atoms with Crippen LogP contribution in [0.3, 0.4) is 0 Å². The Morgan fingerprint density at radius 1 is 1.33 bits per heavy atom. The first kappa shape index (κ1) is 18.2. The van der Waals surface area contributed by atoms with E-state index in [4.69, 9.17) is 17.3 Å². The van der Waals surface area contributed by atoms with E-state index in [0.29, 0.717) is 17.4 Å². The molecule has 1 aromatic rings. The fraction of sp³-hybridized carbons (Fsp3) is 0.538. The van der Waals surface area contributed by atoms with Crippen LogP contribution in [0.15, 0.2) is 22.7 Å². The summed E-state index contributed by atoms with van der Waals surface area (Å²) in [6.45, 7) is 4.26. The van der Waals surface area contributed by atoms with Crippen LogP contribution in [0.4, 0.5) is 0 Å². The Bertz CT molecular complexity index is 374. The minimum absolute atomic E-state index is 0. The number of aliphatic hydroxyl groups excluding tert-OH is 1. The third-order valence-corrected chi connectivity index (χ3v) is 3.61. The highest BCUT2D eigenvalue weighted by atomic mass is 79.9. The molecule has 0 aromatic heterocycles. The highest BCUT2D eigenvalue weighted by Crippen LogP contribution is 2.28.